The third kappa shape index (κ3) is 5.32. The van der Waals surface area contributed by atoms with Gasteiger partial charge in [0.25, 0.3) is 0 Å². The molecule has 2 unspecified atom stereocenters. The summed E-state index contributed by atoms with van der Waals surface area (Å²) in [6, 6.07) is 10.3. The zero-order valence-electron chi connectivity index (χ0n) is 16.5. The second-order valence-electron chi connectivity index (χ2n) is 8.45. The minimum absolute atomic E-state index is 0.0863. The number of likely N-dealkylation sites (tertiary alicyclic amines) is 1. The first-order chi connectivity index (χ1) is 13.0. The molecule has 2 aliphatic rings. The fourth-order valence-corrected chi connectivity index (χ4v) is 4.42. The van der Waals surface area contributed by atoms with Gasteiger partial charge in [-0.15, -0.1) is 0 Å². The number of carbonyl (C=O) groups is 2. The molecule has 5 heteroatoms. The van der Waals surface area contributed by atoms with Crippen LogP contribution >= 0.6 is 0 Å². The van der Waals surface area contributed by atoms with E-state index in [0.29, 0.717) is 6.42 Å². The maximum absolute atomic E-state index is 12.7. The summed E-state index contributed by atoms with van der Waals surface area (Å²) in [5.41, 5.74) is 7.16. The van der Waals surface area contributed by atoms with Crippen molar-refractivity contribution in [1.29, 1.82) is 0 Å². The lowest BCUT2D eigenvalue weighted by molar-refractivity contribution is -0.132. The molecule has 2 atom stereocenters. The highest BCUT2D eigenvalue weighted by atomic mass is 16.2. The van der Waals surface area contributed by atoms with Crippen molar-refractivity contribution >= 4 is 11.8 Å². The van der Waals surface area contributed by atoms with Crippen molar-refractivity contribution in [2.45, 2.75) is 69.9 Å². The van der Waals surface area contributed by atoms with Crippen molar-refractivity contribution in [1.82, 2.24) is 10.2 Å². The van der Waals surface area contributed by atoms with Gasteiger partial charge in [0.15, 0.2) is 0 Å². The lowest BCUT2D eigenvalue weighted by atomic mass is 9.74. The zero-order valence-corrected chi connectivity index (χ0v) is 16.5. The number of rotatable bonds is 5. The molecule has 0 bridgehead atoms. The Labute approximate surface area is 162 Å². The molecule has 3 N–H and O–H groups in total. The molecule has 2 amide bonds. The van der Waals surface area contributed by atoms with E-state index in [-0.39, 0.29) is 23.8 Å². The van der Waals surface area contributed by atoms with Crippen molar-refractivity contribution in [2.75, 3.05) is 13.1 Å². The molecule has 5 nitrogen and oxygen atoms in total. The van der Waals surface area contributed by atoms with Gasteiger partial charge in [-0.1, -0.05) is 43.2 Å². The molecule has 148 valence electrons. The summed E-state index contributed by atoms with van der Waals surface area (Å²) in [6.45, 7) is 3.46. The van der Waals surface area contributed by atoms with Crippen LogP contribution in [0.4, 0.5) is 0 Å². The average Bonchev–Trinajstić information content (AvgIpc) is 2.67. The fraction of sp³-hybridized carbons (Fsp3) is 0.636. The first kappa shape index (κ1) is 19.9. The fourth-order valence-electron chi connectivity index (χ4n) is 4.42. The molecular formula is C22H33N3O2. The first-order valence-electron chi connectivity index (χ1n) is 10.4. The number of carbonyl (C=O) groups excluding carboxylic acids is 2. The van der Waals surface area contributed by atoms with E-state index in [4.69, 9.17) is 5.73 Å². The van der Waals surface area contributed by atoms with Crippen LogP contribution in [0.15, 0.2) is 30.3 Å². The molecule has 1 saturated heterocycles. The van der Waals surface area contributed by atoms with E-state index < -0.39 is 5.54 Å². The van der Waals surface area contributed by atoms with Crippen LogP contribution in [0, 0.1) is 5.92 Å². The van der Waals surface area contributed by atoms with Crippen LogP contribution in [-0.4, -0.2) is 41.4 Å². The number of hydrogen-bond donors (Lipinski definition) is 2. The van der Waals surface area contributed by atoms with Crippen molar-refractivity contribution in [3.8, 4) is 0 Å². The highest BCUT2D eigenvalue weighted by molar-refractivity contribution is 5.80. The molecule has 0 spiro atoms. The molecule has 1 aromatic carbocycles. The number of aryl methyl sites for hydroxylation is 1. The minimum atomic E-state index is -0.392. The Kier molecular flexibility index (Phi) is 6.53. The summed E-state index contributed by atoms with van der Waals surface area (Å²) in [5, 5.41) is 3.20. The molecular weight excluding hydrogens is 338 g/mol. The average molecular weight is 372 g/mol. The van der Waals surface area contributed by atoms with Crippen LogP contribution in [0.25, 0.3) is 0 Å². The zero-order chi connectivity index (χ0) is 19.3. The van der Waals surface area contributed by atoms with E-state index in [1.165, 1.54) is 5.56 Å². The summed E-state index contributed by atoms with van der Waals surface area (Å²) in [5.74, 6) is 0.232. The van der Waals surface area contributed by atoms with Gasteiger partial charge >= 0.3 is 0 Å². The van der Waals surface area contributed by atoms with Gasteiger partial charge in [0.2, 0.25) is 11.8 Å². The summed E-state index contributed by atoms with van der Waals surface area (Å²) in [7, 11) is 0. The van der Waals surface area contributed by atoms with Crippen LogP contribution in [0.2, 0.25) is 0 Å². The number of nitrogens with one attached hydrogen (secondary N) is 1. The maximum Gasteiger partial charge on any atom is 0.225 e. The first-order valence-corrected chi connectivity index (χ1v) is 10.4. The molecule has 0 radical (unpaired) electrons. The predicted molar refractivity (Wildman–Crippen MR) is 107 cm³/mol. The number of hydrogen-bond acceptors (Lipinski definition) is 3. The standard InChI is InChI=1S/C22H33N3O2/c1-22(23)14-6-5-9-19(22)21(27)24-18-12-15-25(16-13-18)20(26)11-10-17-7-3-2-4-8-17/h2-4,7-8,18-19H,5-6,9-16,23H2,1H3,(H,24,27). The largest absolute Gasteiger partial charge is 0.353 e. The van der Waals surface area contributed by atoms with Crippen LogP contribution < -0.4 is 11.1 Å². The summed E-state index contributed by atoms with van der Waals surface area (Å²) in [4.78, 5) is 27.1. The van der Waals surface area contributed by atoms with E-state index in [1.54, 1.807) is 0 Å². The summed E-state index contributed by atoms with van der Waals surface area (Å²) in [6.07, 6.45) is 6.99. The Morgan fingerprint density at radius 2 is 1.85 bits per heavy atom. The second kappa shape index (κ2) is 8.87. The summed E-state index contributed by atoms with van der Waals surface area (Å²) < 4.78 is 0. The van der Waals surface area contributed by atoms with Gasteiger partial charge in [-0.2, -0.15) is 0 Å². The van der Waals surface area contributed by atoms with Gasteiger partial charge in [0, 0.05) is 31.1 Å². The summed E-state index contributed by atoms with van der Waals surface area (Å²) >= 11 is 0. The number of nitrogens with zero attached hydrogens (tertiary/aromatic N) is 1. The van der Waals surface area contributed by atoms with Crippen LogP contribution in [0.3, 0.4) is 0 Å². The van der Waals surface area contributed by atoms with Gasteiger partial charge in [-0.05, 0) is 44.6 Å². The SMILES string of the molecule is CC1(N)CCCCC1C(=O)NC1CCN(C(=O)CCc2ccccc2)CC1. The molecule has 1 aliphatic heterocycles. The quantitative estimate of drug-likeness (QED) is 0.835. The van der Waals surface area contributed by atoms with Crippen LogP contribution in [-0.2, 0) is 16.0 Å². The van der Waals surface area contributed by atoms with Gasteiger partial charge in [-0.25, -0.2) is 0 Å². The van der Waals surface area contributed by atoms with Crippen molar-refractivity contribution in [3.05, 3.63) is 35.9 Å². The molecule has 3 rings (SSSR count). The van der Waals surface area contributed by atoms with E-state index in [9.17, 15) is 9.59 Å². The molecule has 2 fully saturated rings. The third-order valence-corrected chi connectivity index (χ3v) is 6.24. The van der Waals surface area contributed by atoms with E-state index >= 15 is 0 Å². The molecule has 1 aliphatic carbocycles. The molecule has 0 aromatic heterocycles. The Morgan fingerprint density at radius 1 is 1.15 bits per heavy atom. The normalized spacial score (nSPS) is 26.6. The smallest absolute Gasteiger partial charge is 0.225 e. The van der Waals surface area contributed by atoms with Gasteiger partial charge in [-0.3, -0.25) is 9.59 Å². The topological polar surface area (TPSA) is 75.4 Å². The van der Waals surface area contributed by atoms with Gasteiger partial charge in [0.05, 0.1) is 5.92 Å². The Bertz CT molecular complexity index is 636. The third-order valence-electron chi connectivity index (χ3n) is 6.24. The lowest BCUT2D eigenvalue weighted by Gasteiger charge is -2.39. The van der Waals surface area contributed by atoms with E-state index in [0.717, 1.165) is 58.0 Å². The van der Waals surface area contributed by atoms with E-state index in [1.807, 2.05) is 30.0 Å². The number of amides is 2. The van der Waals surface area contributed by atoms with Gasteiger partial charge in [0.1, 0.15) is 0 Å². The molecule has 1 aromatic rings. The monoisotopic (exact) mass is 371 g/mol. The molecule has 1 heterocycles. The van der Waals surface area contributed by atoms with Gasteiger partial charge < -0.3 is 16.0 Å². The highest BCUT2D eigenvalue weighted by Crippen LogP contribution is 2.32. The Hall–Kier alpha value is -1.88. The van der Waals surface area contributed by atoms with Crippen molar-refractivity contribution < 1.29 is 9.59 Å². The van der Waals surface area contributed by atoms with Crippen LogP contribution in [0.5, 0.6) is 0 Å². The Morgan fingerprint density at radius 3 is 2.52 bits per heavy atom. The highest BCUT2D eigenvalue weighted by Gasteiger charge is 2.38. The molecule has 1 saturated carbocycles. The van der Waals surface area contributed by atoms with Crippen molar-refractivity contribution in [3.63, 3.8) is 0 Å². The van der Waals surface area contributed by atoms with Crippen molar-refractivity contribution in [2.24, 2.45) is 11.7 Å². The number of piperidine rings is 1. The Balaban J connectivity index is 1.42. The number of nitrogens with two attached hydrogens (primary N) is 1. The van der Waals surface area contributed by atoms with E-state index in [2.05, 4.69) is 17.4 Å². The lowest BCUT2D eigenvalue weighted by Crippen LogP contribution is -2.55. The van der Waals surface area contributed by atoms with Crippen LogP contribution in [0.1, 0.15) is 57.4 Å². The minimum Gasteiger partial charge on any atom is -0.353 e. The number of benzene rings is 1. The maximum atomic E-state index is 12.7. The molecule has 27 heavy (non-hydrogen) atoms. The predicted octanol–water partition coefficient (Wildman–Crippen LogP) is 2.63. The second-order valence-corrected chi connectivity index (χ2v) is 8.45.